The summed E-state index contributed by atoms with van der Waals surface area (Å²) in [6, 6.07) is 19.3. The van der Waals surface area contributed by atoms with Gasteiger partial charge in [-0.2, -0.15) is 5.10 Å². The van der Waals surface area contributed by atoms with Crippen LogP contribution in [0, 0.1) is 0 Å². The highest BCUT2D eigenvalue weighted by atomic mass is 32.1. The number of thiazole rings is 1. The predicted molar refractivity (Wildman–Crippen MR) is 114 cm³/mol. The number of anilines is 1. The van der Waals surface area contributed by atoms with Crippen molar-refractivity contribution in [3.8, 4) is 5.69 Å². The molecule has 0 saturated carbocycles. The molecule has 0 aliphatic carbocycles. The molecule has 1 unspecified atom stereocenters. The Bertz CT molecular complexity index is 1070. The van der Waals surface area contributed by atoms with Crippen LogP contribution in [0.5, 0.6) is 0 Å². The zero-order valence-corrected chi connectivity index (χ0v) is 16.6. The third-order valence-electron chi connectivity index (χ3n) is 5.50. The quantitative estimate of drug-likeness (QED) is 0.492. The molecule has 1 atom stereocenters. The number of benzene rings is 2. The first-order valence-electron chi connectivity index (χ1n) is 9.65. The first-order chi connectivity index (χ1) is 13.8. The van der Waals surface area contributed by atoms with Crippen molar-refractivity contribution >= 4 is 16.5 Å². The van der Waals surface area contributed by atoms with E-state index in [-0.39, 0.29) is 0 Å². The first-order valence-corrected chi connectivity index (χ1v) is 10.5. The van der Waals surface area contributed by atoms with Crippen LogP contribution in [-0.4, -0.2) is 21.3 Å². The van der Waals surface area contributed by atoms with E-state index in [1.165, 1.54) is 21.6 Å². The molecule has 0 amide bonds. The maximum atomic E-state index is 4.75. The second-order valence-corrected chi connectivity index (χ2v) is 8.29. The molecule has 0 N–H and O–H groups in total. The average Bonchev–Trinajstić information content (AvgIpc) is 3.45. The Labute approximate surface area is 169 Å². The molecule has 0 bridgehead atoms. The van der Waals surface area contributed by atoms with Crippen molar-refractivity contribution < 1.29 is 0 Å². The number of nitrogens with zero attached hydrogens (tertiary/aromatic N) is 4. The number of aromatic nitrogens is 3. The van der Waals surface area contributed by atoms with Gasteiger partial charge in [-0.3, -0.25) is 0 Å². The molecule has 1 aliphatic rings. The van der Waals surface area contributed by atoms with Gasteiger partial charge in [0.2, 0.25) is 0 Å². The van der Waals surface area contributed by atoms with Crippen molar-refractivity contribution in [1.29, 1.82) is 0 Å². The molecule has 4 nitrogen and oxygen atoms in total. The van der Waals surface area contributed by atoms with Gasteiger partial charge in [0.1, 0.15) is 0 Å². The second kappa shape index (κ2) is 7.24. The molecule has 5 heteroatoms. The topological polar surface area (TPSA) is 34.0 Å². The molecular formula is C23H22N4S. The molecule has 0 fully saturated rings. The lowest BCUT2D eigenvalue weighted by Gasteiger charge is -2.28. The Morgan fingerprint density at radius 3 is 2.61 bits per heavy atom. The highest BCUT2D eigenvalue weighted by molar-refractivity contribution is 7.15. The fourth-order valence-corrected chi connectivity index (χ4v) is 4.80. The molecule has 1 aliphatic heterocycles. The minimum Gasteiger partial charge on any atom is -0.343 e. The predicted octanol–water partition coefficient (Wildman–Crippen LogP) is 5.04. The van der Waals surface area contributed by atoms with Gasteiger partial charge in [-0.1, -0.05) is 43.3 Å². The summed E-state index contributed by atoms with van der Waals surface area (Å²) in [5, 5.41) is 5.42. The van der Waals surface area contributed by atoms with Gasteiger partial charge in [0.05, 0.1) is 5.69 Å². The number of rotatable bonds is 4. The number of hydrogen-bond acceptors (Lipinski definition) is 4. The minimum absolute atomic E-state index is 0.329. The monoisotopic (exact) mass is 386 g/mol. The second-order valence-electron chi connectivity index (χ2n) is 7.25. The van der Waals surface area contributed by atoms with Crippen LogP contribution in [0.1, 0.15) is 34.4 Å². The molecule has 0 radical (unpaired) electrons. The van der Waals surface area contributed by atoms with Gasteiger partial charge < -0.3 is 4.90 Å². The molecule has 4 aromatic rings. The van der Waals surface area contributed by atoms with E-state index in [1.54, 1.807) is 6.20 Å². The zero-order valence-electron chi connectivity index (χ0n) is 15.8. The fraction of sp³-hybridized carbons (Fsp3) is 0.217. The van der Waals surface area contributed by atoms with Gasteiger partial charge in [-0.25, -0.2) is 9.67 Å². The summed E-state index contributed by atoms with van der Waals surface area (Å²) in [6.07, 6.45) is 6.90. The molecule has 0 spiro atoms. The lowest BCUT2D eigenvalue weighted by atomic mass is 10.00. The highest BCUT2D eigenvalue weighted by Crippen LogP contribution is 2.34. The Hall–Kier alpha value is -2.92. The molecule has 140 valence electrons. The zero-order chi connectivity index (χ0) is 18.9. The Morgan fingerprint density at radius 2 is 1.82 bits per heavy atom. The van der Waals surface area contributed by atoms with Crippen LogP contribution in [0.3, 0.4) is 0 Å². The van der Waals surface area contributed by atoms with Gasteiger partial charge in [-0.05, 0) is 41.3 Å². The first kappa shape index (κ1) is 17.2. The summed E-state index contributed by atoms with van der Waals surface area (Å²) in [4.78, 5) is 8.46. The largest absolute Gasteiger partial charge is 0.343 e. The number of hydrogen-bond donors (Lipinski definition) is 0. The van der Waals surface area contributed by atoms with E-state index >= 15 is 0 Å². The van der Waals surface area contributed by atoms with Crippen LogP contribution in [-0.2, 0) is 13.0 Å². The van der Waals surface area contributed by atoms with Crippen molar-refractivity contribution in [3.05, 3.63) is 94.8 Å². The maximum Gasteiger partial charge on any atom is 0.185 e. The van der Waals surface area contributed by atoms with Crippen LogP contribution >= 0.6 is 11.3 Å². The Morgan fingerprint density at radius 1 is 1.00 bits per heavy atom. The Balaban J connectivity index is 1.33. The smallest absolute Gasteiger partial charge is 0.185 e. The molecule has 2 aromatic carbocycles. The summed E-state index contributed by atoms with van der Waals surface area (Å²) in [5.74, 6) is 0.329. The van der Waals surface area contributed by atoms with E-state index in [0.29, 0.717) is 5.92 Å². The van der Waals surface area contributed by atoms with E-state index in [1.807, 2.05) is 34.5 Å². The van der Waals surface area contributed by atoms with Crippen molar-refractivity contribution in [2.45, 2.75) is 25.8 Å². The molecule has 2 aromatic heterocycles. The van der Waals surface area contributed by atoms with Gasteiger partial charge in [0, 0.05) is 42.5 Å². The van der Waals surface area contributed by atoms with Crippen molar-refractivity contribution in [3.63, 3.8) is 0 Å². The summed E-state index contributed by atoms with van der Waals surface area (Å²) >= 11 is 1.82. The van der Waals surface area contributed by atoms with Crippen LogP contribution in [0.2, 0.25) is 0 Å². The molecule has 0 saturated heterocycles. The van der Waals surface area contributed by atoms with Crippen molar-refractivity contribution in [2.24, 2.45) is 0 Å². The van der Waals surface area contributed by atoms with Crippen LogP contribution < -0.4 is 4.90 Å². The third kappa shape index (κ3) is 3.22. The van der Waals surface area contributed by atoms with E-state index in [2.05, 4.69) is 65.5 Å². The van der Waals surface area contributed by atoms with Gasteiger partial charge in [0.15, 0.2) is 5.13 Å². The number of fused-ring (bicyclic) bond motifs is 1. The lowest BCUT2D eigenvalue weighted by molar-refractivity contribution is 0.729. The minimum atomic E-state index is 0.329. The molecule has 28 heavy (non-hydrogen) atoms. The highest BCUT2D eigenvalue weighted by Gasteiger charge is 2.20. The van der Waals surface area contributed by atoms with Gasteiger partial charge >= 0.3 is 0 Å². The average molecular weight is 387 g/mol. The van der Waals surface area contributed by atoms with Gasteiger partial charge in [-0.15, -0.1) is 11.3 Å². The maximum absolute atomic E-state index is 4.75. The fourth-order valence-electron chi connectivity index (χ4n) is 3.78. The SMILES string of the molecule is CC(c1ccc(-n2cccn2)cc1)c1cnc(N2CCc3ccccc3C2)s1. The van der Waals surface area contributed by atoms with Crippen LogP contribution in [0.15, 0.2) is 73.2 Å². The molecule has 3 heterocycles. The Kier molecular flexibility index (Phi) is 4.45. The van der Waals surface area contributed by atoms with Crippen LogP contribution in [0.4, 0.5) is 5.13 Å². The van der Waals surface area contributed by atoms with E-state index in [0.717, 1.165) is 30.3 Å². The normalized spacial score (nSPS) is 14.7. The summed E-state index contributed by atoms with van der Waals surface area (Å²) in [7, 11) is 0. The van der Waals surface area contributed by atoms with Crippen LogP contribution in [0.25, 0.3) is 5.69 Å². The van der Waals surface area contributed by atoms with E-state index in [4.69, 9.17) is 4.98 Å². The van der Waals surface area contributed by atoms with Gasteiger partial charge in [0.25, 0.3) is 0 Å². The summed E-state index contributed by atoms with van der Waals surface area (Å²) < 4.78 is 1.88. The summed E-state index contributed by atoms with van der Waals surface area (Å²) in [5.41, 5.74) is 5.28. The standard InChI is InChI=1S/C23H22N4S/c1-17(18-7-9-21(10-8-18)27-13-4-12-25-27)22-15-24-23(28-22)26-14-11-19-5-2-3-6-20(19)16-26/h2-10,12-13,15,17H,11,14,16H2,1H3. The molecular weight excluding hydrogens is 364 g/mol. The van der Waals surface area contributed by atoms with Crippen molar-refractivity contribution in [1.82, 2.24) is 14.8 Å². The van der Waals surface area contributed by atoms with E-state index < -0.39 is 0 Å². The van der Waals surface area contributed by atoms with E-state index in [9.17, 15) is 0 Å². The van der Waals surface area contributed by atoms with Crippen molar-refractivity contribution in [2.75, 3.05) is 11.4 Å². The third-order valence-corrected chi connectivity index (χ3v) is 6.74. The molecule has 5 rings (SSSR count). The summed E-state index contributed by atoms with van der Waals surface area (Å²) in [6.45, 7) is 4.25. The lowest BCUT2D eigenvalue weighted by Crippen LogP contribution is -2.30.